The van der Waals surface area contributed by atoms with Crippen molar-refractivity contribution >= 4 is 5.82 Å². The van der Waals surface area contributed by atoms with Gasteiger partial charge in [0.05, 0.1) is 24.3 Å². The van der Waals surface area contributed by atoms with Crippen LogP contribution in [0.3, 0.4) is 0 Å². The number of methoxy groups -OCH3 is 1. The lowest BCUT2D eigenvalue weighted by molar-refractivity contribution is 0.101. The van der Waals surface area contributed by atoms with Crippen LogP contribution >= 0.6 is 0 Å². The van der Waals surface area contributed by atoms with E-state index in [9.17, 15) is 0 Å². The molecule has 2 atom stereocenters. The van der Waals surface area contributed by atoms with Crippen LogP contribution < -0.4 is 10.1 Å². The molecule has 100 valence electrons. The third kappa shape index (κ3) is 2.72. The third-order valence-electron chi connectivity index (χ3n) is 3.40. The van der Waals surface area contributed by atoms with Gasteiger partial charge in [-0.2, -0.15) is 0 Å². The van der Waals surface area contributed by atoms with Crippen molar-refractivity contribution in [1.82, 2.24) is 9.97 Å². The summed E-state index contributed by atoms with van der Waals surface area (Å²) in [5, 5.41) is 3.45. The third-order valence-corrected chi connectivity index (χ3v) is 3.40. The van der Waals surface area contributed by atoms with Crippen molar-refractivity contribution in [2.24, 2.45) is 0 Å². The average molecular weight is 251 g/mol. The summed E-state index contributed by atoms with van der Waals surface area (Å²) in [6, 6.07) is 0.332. The number of anilines is 1. The van der Waals surface area contributed by atoms with Crippen LogP contribution in [0, 0.1) is 6.92 Å². The van der Waals surface area contributed by atoms with E-state index in [1.165, 1.54) is 12.7 Å². The molecule has 1 aliphatic rings. The SMILES string of the molecule is CCOc1ncnc(NC2CCCC2OC)c1C. The number of ether oxygens (including phenoxy) is 2. The fraction of sp³-hybridized carbons (Fsp3) is 0.692. The summed E-state index contributed by atoms with van der Waals surface area (Å²) >= 11 is 0. The quantitative estimate of drug-likeness (QED) is 0.869. The van der Waals surface area contributed by atoms with Gasteiger partial charge in [-0.05, 0) is 33.1 Å². The Kier molecular flexibility index (Phi) is 4.36. The molecule has 1 heterocycles. The topological polar surface area (TPSA) is 56.3 Å². The van der Waals surface area contributed by atoms with Gasteiger partial charge in [-0.25, -0.2) is 9.97 Å². The van der Waals surface area contributed by atoms with E-state index in [1.807, 2.05) is 13.8 Å². The van der Waals surface area contributed by atoms with E-state index in [2.05, 4.69) is 15.3 Å². The predicted molar refractivity (Wildman–Crippen MR) is 70.0 cm³/mol. The van der Waals surface area contributed by atoms with Gasteiger partial charge < -0.3 is 14.8 Å². The zero-order chi connectivity index (χ0) is 13.0. The fourth-order valence-corrected chi connectivity index (χ4v) is 2.41. The molecule has 5 nitrogen and oxygen atoms in total. The molecule has 1 aromatic heterocycles. The van der Waals surface area contributed by atoms with Crippen LogP contribution in [-0.4, -0.2) is 35.8 Å². The molecule has 1 saturated carbocycles. The molecule has 1 aromatic rings. The van der Waals surface area contributed by atoms with Crippen LogP contribution in [0.5, 0.6) is 5.88 Å². The molecular formula is C13H21N3O2. The summed E-state index contributed by atoms with van der Waals surface area (Å²) in [6.07, 6.45) is 5.23. The molecule has 0 saturated heterocycles. The van der Waals surface area contributed by atoms with Gasteiger partial charge in [-0.15, -0.1) is 0 Å². The van der Waals surface area contributed by atoms with E-state index in [-0.39, 0.29) is 6.10 Å². The van der Waals surface area contributed by atoms with E-state index in [4.69, 9.17) is 9.47 Å². The van der Waals surface area contributed by atoms with Crippen molar-refractivity contribution in [2.75, 3.05) is 19.0 Å². The highest BCUT2D eigenvalue weighted by Gasteiger charge is 2.27. The van der Waals surface area contributed by atoms with Gasteiger partial charge in [-0.3, -0.25) is 0 Å². The van der Waals surface area contributed by atoms with Crippen molar-refractivity contribution in [3.05, 3.63) is 11.9 Å². The summed E-state index contributed by atoms with van der Waals surface area (Å²) in [6.45, 7) is 4.54. The molecule has 1 aliphatic carbocycles. The molecule has 18 heavy (non-hydrogen) atoms. The number of hydrogen-bond acceptors (Lipinski definition) is 5. The Hall–Kier alpha value is -1.36. The molecule has 0 aromatic carbocycles. The minimum atomic E-state index is 0.273. The maximum atomic E-state index is 5.48. The van der Waals surface area contributed by atoms with Gasteiger partial charge in [0.25, 0.3) is 0 Å². The lowest BCUT2D eigenvalue weighted by Gasteiger charge is -2.21. The van der Waals surface area contributed by atoms with E-state index < -0.39 is 0 Å². The molecule has 0 amide bonds. The first-order chi connectivity index (χ1) is 8.76. The largest absolute Gasteiger partial charge is 0.478 e. The van der Waals surface area contributed by atoms with Crippen LogP contribution in [0.1, 0.15) is 31.7 Å². The molecule has 2 unspecified atom stereocenters. The van der Waals surface area contributed by atoms with E-state index >= 15 is 0 Å². The Balaban J connectivity index is 2.11. The Morgan fingerprint density at radius 2 is 2.22 bits per heavy atom. The molecule has 1 N–H and O–H groups in total. The molecule has 0 spiro atoms. The molecule has 0 aliphatic heterocycles. The van der Waals surface area contributed by atoms with Gasteiger partial charge in [0, 0.05) is 7.11 Å². The summed E-state index contributed by atoms with van der Waals surface area (Å²) in [5.41, 5.74) is 0.959. The van der Waals surface area contributed by atoms with Crippen LogP contribution in [0.2, 0.25) is 0 Å². The first-order valence-corrected chi connectivity index (χ1v) is 6.50. The predicted octanol–water partition coefficient (Wildman–Crippen LogP) is 2.16. The highest BCUT2D eigenvalue weighted by atomic mass is 16.5. The highest BCUT2D eigenvalue weighted by Crippen LogP contribution is 2.27. The van der Waals surface area contributed by atoms with E-state index in [0.717, 1.165) is 24.2 Å². The van der Waals surface area contributed by atoms with E-state index in [1.54, 1.807) is 7.11 Å². The summed E-state index contributed by atoms with van der Waals surface area (Å²) < 4.78 is 10.9. The van der Waals surface area contributed by atoms with Crippen LogP contribution in [0.4, 0.5) is 5.82 Å². The van der Waals surface area contributed by atoms with Crippen molar-refractivity contribution < 1.29 is 9.47 Å². The first kappa shape index (κ1) is 13.1. The Labute approximate surface area is 108 Å². The zero-order valence-electron chi connectivity index (χ0n) is 11.3. The normalized spacial score (nSPS) is 23.1. The molecule has 1 fully saturated rings. The number of nitrogens with zero attached hydrogens (tertiary/aromatic N) is 2. The first-order valence-electron chi connectivity index (χ1n) is 6.50. The van der Waals surface area contributed by atoms with Crippen LogP contribution in [0.25, 0.3) is 0 Å². The van der Waals surface area contributed by atoms with Gasteiger partial charge >= 0.3 is 0 Å². The summed E-state index contributed by atoms with van der Waals surface area (Å²) in [7, 11) is 1.77. The summed E-state index contributed by atoms with van der Waals surface area (Å²) in [5.74, 6) is 1.50. The van der Waals surface area contributed by atoms with Crippen molar-refractivity contribution in [3.63, 3.8) is 0 Å². The monoisotopic (exact) mass is 251 g/mol. The smallest absolute Gasteiger partial charge is 0.221 e. The fourth-order valence-electron chi connectivity index (χ4n) is 2.41. The average Bonchev–Trinajstić information content (AvgIpc) is 2.82. The van der Waals surface area contributed by atoms with Crippen LogP contribution in [-0.2, 0) is 4.74 Å². The van der Waals surface area contributed by atoms with Gasteiger partial charge in [0.15, 0.2) is 0 Å². The van der Waals surface area contributed by atoms with Crippen molar-refractivity contribution in [1.29, 1.82) is 0 Å². The molecular weight excluding hydrogens is 230 g/mol. The lowest BCUT2D eigenvalue weighted by Crippen LogP contribution is -2.30. The van der Waals surface area contributed by atoms with Gasteiger partial charge in [0.1, 0.15) is 12.1 Å². The molecule has 2 rings (SSSR count). The second-order valence-corrected chi connectivity index (χ2v) is 4.54. The minimum absolute atomic E-state index is 0.273. The highest BCUT2D eigenvalue weighted by molar-refractivity contribution is 5.48. The summed E-state index contributed by atoms with van der Waals surface area (Å²) in [4.78, 5) is 8.43. The number of aromatic nitrogens is 2. The maximum Gasteiger partial charge on any atom is 0.221 e. The van der Waals surface area contributed by atoms with Crippen molar-refractivity contribution in [3.8, 4) is 5.88 Å². The molecule has 0 radical (unpaired) electrons. The lowest BCUT2D eigenvalue weighted by atomic mass is 10.2. The number of hydrogen-bond donors (Lipinski definition) is 1. The Morgan fingerprint density at radius 1 is 1.39 bits per heavy atom. The van der Waals surface area contributed by atoms with E-state index in [0.29, 0.717) is 18.5 Å². The molecule has 0 bridgehead atoms. The van der Waals surface area contributed by atoms with Crippen LogP contribution in [0.15, 0.2) is 6.33 Å². The second kappa shape index (κ2) is 6.00. The molecule has 5 heteroatoms. The number of nitrogens with one attached hydrogen (secondary N) is 1. The minimum Gasteiger partial charge on any atom is -0.478 e. The van der Waals surface area contributed by atoms with Crippen molar-refractivity contribution in [2.45, 2.75) is 45.3 Å². The van der Waals surface area contributed by atoms with Gasteiger partial charge in [-0.1, -0.05) is 0 Å². The maximum absolute atomic E-state index is 5.48. The zero-order valence-corrected chi connectivity index (χ0v) is 11.3. The Morgan fingerprint density at radius 3 is 2.94 bits per heavy atom. The number of rotatable bonds is 5. The Bertz CT molecular complexity index is 398. The standard InChI is InChI=1S/C13H21N3O2/c1-4-18-13-9(2)12(14-8-15-13)16-10-6-5-7-11(10)17-3/h8,10-11H,4-7H2,1-3H3,(H,14,15,16). The second-order valence-electron chi connectivity index (χ2n) is 4.54. The van der Waals surface area contributed by atoms with Gasteiger partial charge in [0.2, 0.25) is 5.88 Å².